The van der Waals surface area contributed by atoms with Crippen LogP contribution in [0.5, 0.6) is 0 Å². The summed E-state index contributed by atoms with van der Waals surface area (Å²) < 4.78 is 68.4. The van der Waals surface area contributed by atoms with Crippen LogP contribution in [0.25, 0.3) is 0 Å². The number of phosphoric acid groups is 2. The largest absolute Gasteiger partial charge is 0.472 e. The fraction of sp³-hybridized carbons (Fsp3) is 0.944. The molecule has 0 bridgehead atoms. The highest BCUT2D eigenvalue weighted by Crippen LogP contribution is 2.45. The summed E-state index contributed by atoms with van der Waals surface area (Å²) in [6.07, 6.45) is 49.9. The molecule has 0 aliphatic heterocycles. The Balaban J connectivity index is 5.24. The summed E-state index contributed by atoms with van der Waals surface area (Å²) in [7, 11) is -9.90. The second-order valence-corrected chi connectivity index (χ2v) is 29.8. The number of rotatable bonds is 71. The Morgan fingerprint density at radius 2 is 0.505 bits per heavy atom. The van der Waals surface area contributed by atoms with Crippen molar-refractivity contribution in [2.75, 3.05) is 39.6 Å². The normalized spacial score (nSPS) is 14.1. The van der Waals surface area contributed by atoms with Crippen LogP contribution in [0.15, 0.2) is 0 Å². The Morgan fingerprint density at radius 3 is 0.747 bits per heavy atom. The van der Waals surface area contributed by atoms with E-state index in [9.17, 15) is 43.2 Å². The van der Waals surface area contributed by atoms with E-state index in [-0.39, 0.29) is 25.7 Å². The summed E-state index contributed by atoms with van der Waals surface area (Å²) in [6, 6.07) is 0. The van der Waals surface area contributed by atoms with Crippen LogP contribution < -0.4 is 0 Å². The summed E-state index contributed by atoms with van der Waals surface area (Å²) in [6.45, 7) is 9.52. The molecule has 0 aromatic carbocycles. The molecule has 0 aliphatic rings. The third-order valence-electron chi connectivity index (χ3n) is 16.7. The molecule has 91 heavy (non-hydrogen) atoms. The molecule has 2 unspecified atom stereocenters. The molecule has 0 rings (SSSR count). The maximum absolute atomic E-state index is 13.0. The van der Waals surface area contributed by atoms with Gasteiger partial charge in [-0.05, 0) is 37.5 Å². The van der Waals surface area contributed by atoms with E-state index >= 15 is 0 Å². The molecule has 0 aromatic rings. The van der Waals surface area contributed by atoms with Crippen molar-refractivity contribution in [3.63, 3.8) is 0 Å². The van der Waals surface area contributed by atoms with E-state index < -0.39 is 97.5 Å². The predicted molar refractivity (Wildman–Crippen MR) is 368 cm³/mol. The van der Waals surface area contributed by atoms with Gasteiger partial charge >= 0.3 is 39.5 Å². The third-order valence-corrected chi connectivity index (χ3v) is 18.6. The van der Waals surface area contributed by atoms with E-state index in [0.717, 1.165) is 102 Å². The first-order valence-corrected chi connectivity index (χ1v) is 40.5. The van der Waals surface area contributed by atoms with E-state index in [1.807, 2.05) is 0 Å². The predicted octanol–water partition coefficient (Wildman–Crippen LogP) is 20.8. The Labute approximate surface area is 556 Å². The van der Waals surface area contributed by atoms with Gasteiger partial charge in [0, 0.05) is 25.7 Å². The van der Waals surface area contributed by atoms with Crippen molar-refractivity contribution in [3.05, 3.63) is 0 Å². The van der Waals surface area contributed by atoms with Crippen LogP contribution in [-0.2, 0) is 65.4 Å². The lowest BCUT2D eigenvalue weighted by atomic mass is 10.0. The van der Waals surface area contributed by atoms with Crippen molar-refractivity contribution in [1.29, 1.82) is 0 Å². The fourth-order valence-corrected chi connectivity index (χ4v) is 12.5. The number of carbonyl (C=O) groups is 4. The van der Waals surface area contributed by atoms with Crippen LogP contribution >= 0.6 is 15.6 Å². The van der Waals surface area contributed by atoms with Gasteiger partial charge in [0.1, 0.15) is 19.3 Å². The number of aliphatic hydroxyl groups excluding tert-OH is 1. The van der Waals surface area contributed by atoms with Gasteiger partial charge in [-0.2, -0.15) is 0 Å². The maximum atomic E-state index is 13.0. The zero-order valence-corrected chi connectivity index (χ0v) is 60.9. The topological polar surface area (TPSA) is 237 Å². The van der Waals surface area contributed by atoms with E-state index in [4.69, 9.17) is 37.0 Å². The van der Waals surface area contributed by atoms with Crippen molar-refractivity contribution in [2.24, 2.45) is 11.8 Å². The van der Waals surface area contributed by atoms with Crippen LogP contribution in [-0.4, -0.2) is 96.7 Å². The highest BCUT2D eigenvalue weighted by molar-refractivity contribution is 7.47. The number of aliphatic hydroxyl groups is 1. The molecule has 5 atom stereocenters. The van der Waals surface area contributed by atoms with Crippen molar-refractivity contribution in [2.45, 2.75) is 387 Å². The average Bonchev–Trinajstić information content (AvgIpc) is 3.29. The van der Waals surface area contributed by atoms with Crippen LogP contribution in [0.1, 0.15) is 369 Å². The molecule has 3 N–H and O–H groups in total. The molecule has 0 radical (unpaired) electrons. The van der Waals surface area contributed by atoms with Gasteiger partial charge in [-0.3, -0.25) is 37.3 Å². The minimum Gasteiger partial charge on any atom is -0.462 e. The molecule has 0 amide bonds. The van der Waals surface area contributed by atoms with E-state index in [2.05, 4.69) is 41.5 Å². The highest BCUT2D eigenvalue weighted by Gasteiger charge is 2.30. The smallest absolute Gasteiger partial charge is 0.462 e. The average molecular weight is 1340 g/mol. The summed E-state index contributed by atoms with van der Waals surface area (Å²) in [5, 5.41) is 10.6. The first-order valence-electron chi connectivity index (χ1n) is 37.5. The second kappa shape index (κ2) is 64.1. The molecule has 17 nitrogen and oxygen atoms in total. The SMILES string of the molecule is CCCCCCCCCCCCCCCCCC(=O)OC[C@H](COP(=O)(O)OC[C@@H](O)COP(=O)(O)OC[C@@H](COC(=O)CCCCCCCCCC(C)C)OC(=O)CCCCCCCCCCCCC)OC(=O)CCCCCCCCCCCCCCC(C)C. The van der Waals surface area contributed by atoms with Gasteiger partial charge in [-0.15, -0.1) is 0 Å². The van der Waals surface area contributed by atoms with Gasteiger partial charge in [-0.25, -0.2) is 9.13 Å². The first kappa shape index (κ1) is 89.1. The Kier molecular flexibility index (Phi) is 62.7. The highest BCUT2D eigenvalue weighted by atomic mass is 31.2. The Bertz CT molecular complexity index is 1770. The molecule has 0 heterocycles. The lowest BCUT2D eigenvalue weighted by molar-refractivity contribution is -0.161. The monoisotopic (exact) mass is 1340 g/mol. The third kappa shape index (κ3) is 66.5. The van der Waals surface area contributed by atoms with Gasteiger partial charge in [0.2, 0.25) is 0 Å². The van der Waals surface area contributed by atoms with Crippen molar-refractivity contribution in [3.8, 4) is 0 Å². The summed E-state index contributed by atoms with van der Waals surface area (Å²) >= 11 is 0. The number of unbranched alkanes of at least 4 members (excludes halogenated alkanes) is 41. The molecule has 0 saturated heterocycles. The zero-order valence-electron chi connectivity index (χ0n) is 59.1. The van der Waals surface area contributed by atoms with Crippen molar-refractivity contribution >= 4 is 39.5 Å². The molecule has 0 fully saturated rings. The number of esters is 4. The van der Waals surface area contributed by atoms with Crippen LogP contribution in [0.3, 0.4) is 0 Å². The summed E-state index contributed by atoms with van der Waals surface area (Å²) in [4.78, 5) is 72.6. The second-order valence-electron chi connectivity index (χ2n) is 26.9. The Morgan fingerprint density at radius 1 is 0.297 bits per heavy atom. The van der Waals surface area contributed by atoms with Gasteiger partial charge in [-0.1, -0.05) is 318 Å². The molecule has 540 valence electrons. The molecular weight excluding hydrogens is 1200 g/mol. The maximum Gasteiger partial charge on any atom is 0.472 e. The standard InChI is InChI=1S/C72H140O17P2/c1-7-9-11-13-15-17-19-20-21-22-27-30-36-42-48-54-69(74)82-60-67(88-72(77)57-51-45-38-32-28-24-23-26-29-34-40-46-52-64(3)4)62-86-90(78,79)84-58-66(73)59-85-91(80,81)87-63-68(61-83-70(75)55-49-43-39-33-35-41-47-53-65(5)6)89-71(76)56-50-44-37-31-25-18-16-14-12-10-8-2/h64-68,73H,7-63H2,1-6H3,(H,78,79)(H,80,81)/t66-,67-,68-/m1/s1. The molecule has 0 saturated carbocycles. The van der Waals surface area contributed by atoms with E-state index in [1.54, 1.807) is 0 Å². The number of phosphoric ester groups is 2. The minimum absolute atomic E-state index is 0.106. The molecular formula is C72H140O17P2. The summed E-state index contributed by atoms with van der Waals surface area (Å²) in [5.74, 6) is -0.638. The van der Waals surface area contributed by atoms with Crippen molar-refractivity contribution in [1.82, 2.24) is 0 Å². The first-order chi connectivity index (χ1) is 43.9. The van der Waals surface area contributed by atoms with Crippen LogP contribution in [0, 0.1) is 11.8 Å². The van der Waals surface area contributed by atoms with Crippen LogP contribution in [0.2, 0.25) is 0 Å². The molecule has 0 aromatic heterocycles. The number of ether oxygens (including phenoxy) is 4. The van der Waals surface area contributed by atoms with Crippen molar-refractivity contribution < 1.29 is 80.2 Å². The van der Waals surface area contributed by atoms with Gasteiger partial charge in [0.25, 0.3) is 0 Å². The summed E-state index contributed by atoms with van der Waals surface area (Å²) in [5.41, 5.74) is 0. The lowest BCUT2D eigenvalue weighted by Crippen LogP contribution is -2.30. The van der Waals surface area contributed by atoms with Gasteiger partial charge < -0.3 is 33.8 Å². The lowest BCUT2D eigenvalue weighted by Gasteiger charge is -2.21. The van der Waals surface area contributed by atoms with E-state index in [1.165, 1.54) is 180 Å². The fourth-order valence-electron chi connectivity index (χ4n) is 10.9. The minimum atomic E-state index is -4.95. The molecule has 0 spiro atoms. The van der Waals surface area contributed by atoms with Crippen LogP contribution in [0.4, 0.5) is 0 Å². The molecule has 0 aliphatic carbocycles. The zero-order chi connectivity index (χ0) is 67.2. The quantitative estimate of drug-likeness (QED) is 0.0222. The molecule has 19 heteroatoms. The van der Waals surface area contributed by atoms with Gasteiger partial charge in [0.05, 0.1) is 26.4 Å². The number of hydrogen-bond acceptors (Lipinski definition) is 15. The van der Waals surface area contributed by atoms with E-state index in [0.29, 0.717) is 31.6 Å². The number of carbonyl (C=O) groups excluding carboxylic acids is 4. The number of hydrogen-bond donors (Lipinski definition) is 3. The Hall–Kier alpha value is -1.94. The van der Waals surface area contributed by atoms with Gasteiger partial charge in [0.15, 0.2) is 12.2 Å².